The molecule has 0 aliphatic rings. The predicted molar refractivity (Wildman–Crippen MR) is 66.7 cm³/mol. The van der Waals surface area contributed by atoms with Crippen molar-refractivity contribution in [1.82, 2.24) is 10.2 Å². The van der Waals surface area contributed by atoms with E-state index in [1.807, 2.05) is 30.3 Å². The van der Waals surface area contributed by atoms with Crippen molar-refractivity contribution in [3.63, 3.8) is 0 Å². The van der Waals surface area contributed by atoms with Gasteiger partial charge in [-0.15, -0.1) is 0 Å². The Bertz CT molecular complexity index is 421. The molecule has 1 heterocycles. The number of nitrogens with one attached hydrogen (secondary N) is 1. The molecule has 1 aromatic heterocycles. The van der Waals surface area contributed by atoms with Crippen molar-refractivity contribution in [2.45, 2.75) is 6.42 Å². The van der Waals surface area contributed by atoms with Crippen LogP contribution in [0.2, 0.25) is 0 Å². The molecular weight excluding hydrogens is 216 g/mol. The molecule has 2 aromatic rings. The minimum atomic E-state index is 0.475. The van der Waals surface area contributed by atoms with Gasteiger partial charge in [0.15, 0.2) is 0 Å². The van der Waals surface area contributed by atoms with Gasteiger partial charge in [-0.1, -0.05) is 24.3 Å². The molecule has 4 heteroatoms. The average molecular weight is 232 g/mol. The van der Waals surface area contributed by atoms with Crippen LogP contribution in [0.1, 0.15) is 5.56 Å². The van der Waals surface area contributed by atoms with Gasteiger partial charge in [-0.3, -0.25) is 5.10 Å². The van der Waals surface area contributed by atoms with Gasteiger partial charge >= 0.3 is 0 Å². The molecule has 0 aliphatic carbocycles. The fourth-order valence-corrected chi connectivity index (χ4v) is 1.33. The number of aldehydes is 1. The molecule has 0 bridgehead atoms. The number of hydrogen-bond donors (Lipinski definition) is 1. The third-order valence-corrected chi connectivity index (χ3v) is 2.08. The van der Waals surface area contributed by atoms with Crippen molar-refractivity contribution in [1.29, 1.82) is 0 Å². The van der Waals surface area contributed by atoms with E-state index in [0.29, 0.717) is 6.42 Å². The first-order valence-electron chi connectivity index (χ1n) is 5.24. The lowest BCUT2D eigenvalue weighted by Gasteiger charge is -1.98. The van der Waals surface area contributed by atoms with Crippen LogP contribution in [0, 0.1) is 0 Å². The summed E-state index contributed by atoms with van der Waals surface area (Å²) in [6, 6.07) is 9.77. The summed E-state index contributed by atoms with van der Waals surface area (Å²) in [5, 5.41) is 6.76. The van der Waals surface area contributed by atoms with Gasteiger partial charge in [0.1, 0.15) is 6.29 Å². The molecule has 0 fully saturated rings. The van der Waals surface area contributed by atoms with Gasteiger partial charge in [-0.05, 0) is 17.2 Å². The molecule has 0 amide bonds. The Morgan fingerprint density at radius 3 is 2.35 bits per heavy atom. The normalized spacial score (nSPS) is 9.29. The summed E-state index contributed by atoms with van der Waals surface area (Å²) in [7, 11) is 3.25. The molecule has 0 spiro atoms. The number of ether oxygens (including phenoxy) is 1. The largest absolute Gasteiger partial charge is 0.388 e. The summed E-state index contributed by atoms with van der Waals surface area (Å²) in [6.45, 7) is 0. The minimum Gasteiger partial charge on any atom is -0.388 e. The maximum absolute atomic E-state index is 10.3. The lowest BCUT2D eigenvalue weighted by Crippen LogP contribution is -1.85. The number of nitrogens with zero attached hydrogens (tertiary/aromatic N) is 1. The highest BCUT2D eigenvalue weighted by atomic mass is 16.4. The van der Waals surface area contributed by atoms with E-state index in [2.05, 4.69) is 14.9 Å². The SMILES string of the molecule is COC.O=CCc1ccc(-c2ccn[nH]2)cc1. The van der Waals surface area contributed by atoms with Crippen LogP contribution in [-0.2, 0) is 16.0 Å². The average Bonchev–Trinajstić information content (AvgIpc) is 2.85. The number of hydrogen-bond acceptors (Lipinski definition) is 3. The lowest BCUT2D eigenvalue weighted by molar-refractivity contribution is -0.107. The first-order valence-corrected chi connectivity index (χ1v) is 5.24. The monoisotopic (exact) mass is 232 g/mol. The predicted octanol–water partition coefficient (Wildman–Crippen LogP) is 2.08. The van der Waals surface area contributed by atoms with Crippen molar-refractivity contribution in [2.75, 3.05) is 14.2 Å². The number of carbonyl (C=O) groups is 1. The van der Waals surface area contributed by atoms with Crippen LogP contribution in [-0.4, -0.2) is 30.7 Å². The van der Waals surface area contributed by atoms with Crippen molar-refractivity contribution < 1.29 is 9.53 Å². The number of benzene rings is 1. The van der Waals surface area contributed by atoms with E-state index in [1.165, 1.54) is 0 Å². The quantitative estimate of drug-likeness (QED) is 0.824. The van der Waals surface area contributed by atoms with Crippen LogP contribution >= 0.6 is 0 Å². The second kappa shape index (κ2) is 7.35. The zero-order valence-electron chi connectivity index (χ0n) is 10.0. The van der Waals surface area contributed by atoms with E-state index in [0.717, 1.165) is 23.1 Å². The summed E-state index contributed by atoms with van der Waals surface area (Å²) in [4.78, 5) is 10.3. The van der Waals surface area contributed by atoms with E-state index in [4.69, 9.17) is 0 Å². The van der Waals surface area contributed by atoms with Crippen molar-refractivity contribution in [2.24, 2.45) is 0 Å². The molecule has 2 rings (SSSR count). The van der Waals surface area contributed by atoms with Crippen LogP contribution in [0.15, 0.2) is 36.5 Å². The third-order valence-electron chi connectivity index (χ3n) is 2.08. The Morgan fingerprint density at radius 2 is 1.88 bits per heavy atom. The molecule has 0 aliphatic heterocycles. The number of aromatic nitrogens is 2. The Morgan fingerprint density at radius 1 is 1.24 bits per heavy atom. The van der Waals surface area contributed by atoms with Crippen molar-refractivity contribution in [3.8, 4) is 11.3 Å². The Hall–Kier alpha value is -1.94. The summed E-state index contributed by atoms with van der Waals surface area (Å²) in [5.74, 6) is 0. The molecule has 0 saturated carbocycles. The highest BCUT2D eigenvalue weighted by Crippen LogP contribution is 2.16. The maximum Gasteiger partial charge on any atom is 0.124 e. The second-order valence-corrected chi connectivity index (χ2v) is 3.45. The number of aromatic amines is 1. The van der Waals surface area contributed by atoms with Gasteiger partial charge in [0.05, 0.1) is 5.69 Å². The molecule has 4 nitrogen and oxygen atoms in total. The number of methoxy groups -OCH3 is 1. The fraction of sp³-hybridized carbons (Fsp3) is 0.231. The molecule has 0 unspecified atom stereocenters. The number of rotatable bonds is 3. The first kappa shape index (κ1) is 13.1. The molecule has 90 valence electrons. The second-order valence-electron chi connectivity index (χ2n) is 3.45. The number of carbonyl (C=O) groups excluding carboxylic acids is 1. The number of H-pyrrole nitrogens is 1. The molecular formula is C13H16N2O2. The van der Waals surface area contributed by atoms with E-state index in [-0.39, 0.29) is 0 Å². The Balaban J connectivity index is 0.000000437. The molecule has 1 aromatic carbocycles. The van der Waals surface area contributed by atoms with Crippen LogP contribution in [0.4, 0.5) is 0 Å². The van der Waals surface area contributed by atoms with Crippen LogP contribution in [0.5, 0.6) is 0 Å². The fourth-order valence-electron chi connectivity index (χ4n) is 1.33. The van der Waals surface area contributed by atoms with Gasteiger partial charge in [0.2, 0.25) is 0 Å². The third kappa shape index (κ3) is 4.20. The summed E-state index contributed by atoms with van der Waals surface area (Å²) >= 11 is 0. The molecule has 0 radical (unpaired) electrons. The molecule has 1 N–H and O–H groups in total. The van der Waals surface area contributed by atoms with Crippen LogP contribution in [0.3, 0.4) is 0 Å². The first-order chi connectivity index (χ1) is 8.31. The van der Waals surface area contributed by atoms with Crippen LogP contribution < -0.4 is 0 Å². The van der Waals surface area contributed by atoms with Crippen molar-refractivity contribution >= 4 is 6.29 Å². The molecule has 0 atom stereocenters. The Labute approximate surface area is 101 Å². The zero-order valence-corrected chi connectivity index (χ0v) is 10.0. The topological polar surface area (TPSA) is 55.0 Å². The highest BCUT2D eigenvalue weighted by molar-refractivity contribution is 5.61. The van der Waals surface area contributed by atoms with Crippen LogP contribution in [0.25, 0.3) is 11.3 Å². The van der Waals surface area contributed by atoms with Gasteiger partial charge in [0, 0.05) is 26.8 Å². The van der Waals surface area contributed by atoms with Gasteiger partial charge in [0.25, 0.3) is 0 Å². The smallest absolute Gasteiger partial charge is 0.124 e. The lowest BCUT2D eigenvalue weighted by atomic mass is 10.1. The van der Waals surface area contributed by atoms with Gasteiger partial charge < -0.3 is 9.53 Å². The molecule has 0 saturated heterocycles. The standard InChI is InChI=1S/C11H10N2O.C2H6O/c14-8-6-9-1-3-10(4-2-9)11-5-7-12-13-11;1-3-2/h1-5,7-8H,6H2,(H,12,13);1-2H3. The highest BCUT2D eigenvalue weighted by Gasteiger charge is 1.98. The van der Waals surface area contributed by atoms with Gasteiger partial charge in [-0.25, -0.2) is 0 Å². The van der Waals surface area contributed by atoms with E-state index in [1.54, 1.807) is 20.4 Å². The summed E-state index contributed by atoms with van der Waals surface area (Å²) in [5.41, 5.74) is 3.10. The zero-order chi connectivity index (χ0) is 12.5. The van der Waals surface area contributed by atoms with E-state index in [9.17, 15) is 4.79 Å². The summed E-state index contributed by atoms with van der Waals surface area (Å²) in [6.07, 6.45) is 3.10. The van der Waals surface area contributed by atoms with Gasteiger partial charge in [-0.2, -0.15) is 5.10 Å². The minimum absolute atomic E-state index is 0.475. The Kier molecular flexibility index (Phi) is 5.68. The van der Waals surface area contributed by atoms with E-state index >= 15 is 0 Å². The summed E-state index contributed by atoms with van der Waals surface area (Å²) < 4.78 is 4.25. The van der Waals surface area contributed by atoms with Crippen molar-refractivity contribution in [3.05, 3.63) is 42.1 Å². The maximum atomic E-state index is 10.3. The van der Waals surface area contributed by atoms with E-state index < -0.39 is 0 Å². The molecule has 17 heavy (non-hydrogen) atoms.